The molecule has 4 radical (unpaired) electrons. The summed E-state index contributed by atoms with van der Waals surface area (Å²) in [5, 5.41) is 10.9. The molecule has 0 saturated carbocycles. The van der Waals surface area contributed by atoms with Crippen molar-refractivity contribution in [2.24, 2.45) is 5.92 Å². The van der Waals surface area contributed by atoms with Gasteiger partial charge in [-0.05, 0) is 126 Å². The Morgan fingerprint density at radius 1 is 0.301 bits per heavy atom. The zero-order chi connectivity index (χ0) is 74.9. The summed E-state index contributed by atoms with van der Waals surface area (Å²) < 4.78 is 0. The fourth-order valence-electron chi connectivity index (χ4n) is 14.8. The topological polar surface area (TPSA) is 0 Å². The minimum absolute atomic E-state index is 0. The molecule has 0 spiro atoms. The number of fused-ring (bicyclic) bond motifs is 5. The van der Waals surface area contributed by atoms with Crippen molar-refractivity contribution >= 4 is 59.8 Å². The number of hydrogen-bond donors (Lipinski definition) is 0. The second-order valence-corrected chi connectivity index (χ2v) is 24.3. The summed E-state index contributed by atoms with van der Waals surface area (Å²) in [6.07, 6.45) is 33.1. The minimum atomic E-state index is 0. The second kappa shape index (κ2) is 61.6. The summed E-state index contributed by atoms with van der Waals surface area (Å²) in [6.45, 7) is 73.5. The number of aryl methyl sites for hydroxylation is 8. The molecule has 4 unspecified atom stereocenters. The molecule has 9 aromatic carbocycles. The van der Waals surface area contributed by atoms with E-state index in [2.05, 4.69) is 239 Å². The van der Waals surface area contributed by atoms with Crippen molar-refractivity contribution in [2.45, 2.75) is 263 Å². The van der Waals surface area contributed by atoms with E-state index in [-0.39, 0.29) is 214 Å². The molecule has 9 aromatic rings. The molecule has 4 atom stereocenters. The maximum atomic E-state index is 5.98. The van der Waals surface area contributed by atoms with Crippen molar-refractivity contribution < 1.29 is 131 Å². The van der Waals surface area contributed by atoms with Gasteiger partial charge in [0.25, 0.3) is 0 Å². The third kappa shape index (κ3) is 26.4. The number of allylic oxidation sites excluding steroid dienone is 16. The van der Waals surface area contributed by atoms with Crippen LogP contribution in [0.1, 0.15) is 296 Å². The van der Waals surface area contributed by atoms with Crippen LogP contribution in [0.15, 0.2) is 199 Å². The number of hydrogen-bond acceptors (Lipinski definition) is 0. The summed E-state index contributed by atoms with van der Waals surface area (Å²) >= 11 is 0. The molecule has 0 fully saturated rings. The van der Waals surface area contributed by atoms with E-state index in [1.165, 1.54) is 177 Å². The van der Waals surface area contributed by atoms with Crippen LogP contribution in [0, 0.1) is 113 Å². The van der Waals surface area contributed by atoms with Crippen LogP contribution < -0.4 is 0 Å². The molecule has 7 aliphatic rings. The fraction of sp³-hybridized carbons (Fsp3) is 0.358. The van der Waals surface area contributed by atoms with Gasteiger partial charge in [-0.2, -0.15) is 59.7 Å². The quantitative estimate of drug-likeness (QED) is 0.154. The zero-order valence-corrected chi connectivity index (χ0v) is 80.0. The largest absolute Gasteiger partial charge is 0.518 e. The van der Waals surface area contributed by atoms with E-state index in [0.717, 1.165) is 19.3 Å². The van der Waals surface area contributed by atoms with Crippen molar-refractivity contribution in [2.75, 3.05) is 0 Å². The van der Waals surface area contributed by atoms with Gasteiger partial charge in [0.2, 0.25) is 0 Å². The van der Waals surface area contributed by atoms with Gasteiger partial charge in [-0.15, -0.1) is 45.7 Å². The van der Waals surface area contributed by atoms with Crippen LogP contribution in [0.3, 0.4) is 0 Å². The first-order valence-electron chi connectivity index (χ1n) is 38.3. The van der Waals surface area contributed by atoms with Crippen LogP contribution in [0.25, 0.3) is 70.9 Å². The van der Waals surface area contributed by atoms with Crippen molar-refractivity contribution in [3.63, 3.8) is 0 Å². The van der Waals surface area contributed by atoms with E-state index in [9.17, 15) is 0 Å². The predicted octanol–water partition coefficient (Wildman–Crippen LogP) is 35.3. The maximum absolute atomic E-state index is 5.98. The summed E-state index contributed by atoms with van der Waals surface area (Å²) in [6, 6.07) is 44.5. The van der Waals surface area contributed by atoms with Crippen LogP contribution in [0.4, 0.5) is 0 Å². The standard InChI is InChI=1S/C22H18.3C21H18.8C2H6.8CH4.4Y/c1-4-16-13-17-12-14(2)15(3)18-10-7-11-21(22(17)18)20-9-6-5-8-19(16)20;1-4-15-12-16-11-13(2)14(3)17-7-5-10-20(21(16)17)19-9-6-8-18(15)19;2*1-4-15-12-16-7-5-9-18(16)19-10-6-8-17-14(3)13(2)11-20(15)21(17)19;8*1-2;;;;;;;;;;;;/h1,4-13,16H,2-3H3;1,4-7,9-12,15H,8H2,2-3H3;1,4-6,8-12,15H,7H2,2-3H3;1,4-8,10-12,15H,9H2,2-3H3;8*1-2H3;8*1H4;;;;/q4*-2;;;;;;;;;;;;;;;;;;;;. The first-order valence-corrected chi connectivity index (χ1v) is 38.3. The molecule has 0 amide bonds. The van der Waals surface area contributed by atoms with E-state index in [1.54, 1.807) is 6.08 Å². The number of benzene rings is 9. The van der Waals surface area contributed by atoms with Crippen molar-refractivity contribution in [3.05, 3.63) is 340 Å². The molecule has 4 heteroatoms. The summed E-state index contributed by atoms with van der Waals surface area (Å²) in [5.74, 6) is 0.755. The summed E-state index contributed by atoms with van der Waals surface area (Å²) in [5.41, 5.74) is 32.5. The normalized spacial score (nSPS) is 14.3. The Balaban J connectivity index is -0.000000198. The zero-order valence-electron chi connectivity index (χ0n) is 68.7. The first kappa shape index (κ1) is 124. The molecule has 0 nitrogen and oxygen atoms in total. The molecule has 16 rings (SSSR count). The Labute approximate surface area is 800 Å². The Bertz CT molecular complexity index is 4580. The Morgan fingerprint density at radius 3 is 1.08 bits per heavy atom. The molecule has 113 heavy (non-hydrogen) atoms. The van der Waals surface area contributed by atoms with Gasteiger partial charge < -0.3 is 26.3 Å². The molecule has 608 valence electrons. The van der Waals surface area contributed by atoms with E-state index in [1.807, 2.05) is 129 Å². The average Bonchev–Trinajstić information content (AvgIpc) is 1.66. The molecule has 7 aliphatic carbocycles. The summed E-state index contributed by atoms with van der Waals surface area (Å²) in [7, 11) is 0. The smallest absolute Gasteiger partial charge is 0 e. The summed E-state index contributed by atoms with van der Waals surface area (Å²) in [4.78, 5) is 0. The minimum Gasteiger partial charge on any atom is -0.518 e. The molecular formula is C109H152Y4-8. The van der Waals surface area contributed by atoms with Crippen LogP contribution in [-0.2, 0) is 131 Å². The van der Waals surface area contributed by atoms with Gasteiger partial charge in [0.05, 0.1) is 0 Å². The molecular weight excluding hydrogens is 1660 g/mol. The van der Waals surface area contributed by atoms with Crippen LogP contribution in [-0.4, -0.2) is 0 Å². The Hall–Kier alpha value is -4.68. The maximum Gasteiger partial charge on any atom is 0 e. The second-order valence-electron chi connectivity index (χ2n) is 24.3. The van der Waals surface area contributed by atoms with Gasteiger partial charge in [-0.25, -0.2) is 12.0 Å². The van der Waals surface area contributed by atoms with E-state index >= 15 is 0 Å². The van der Waals surface area contributed by atoms with E-state index < -0.39 is 0 Å². The van der Waals surface area contributed by atoms with E-state index in [0.29, 0.717) is 0 Å². The van der Waals surface area contributed by atoms with Crippen LogP contribution >= 0.6 is 0 Å². The molecule has 0 saturated heterocycles. The monoisotopic (exact) mass is 1820 g/mol. The van der Waals surface area contributed by atoms with Gasteiger partial charge in [0.15, 0.2) is 0 Å². The van der Waals surface area contributed by atoms with Crippen molar-refractivity contribution in [1.82, 2.24) is 0 Å². The molecule has 0 heterocycles. The van der Waals surface area contributed by atoms with Gasteiger partial charge in [0.1, 0.15) is 0 Å². The SMILES string of the molecule is C.C.C.C.C.C.C.C.CC.CC.CC.CC.CC.CC.CC.CC.[CH-]=CC1[CH-]C2=C(C=CC2)c2cccc3c(C)c(C)cc1c23.[CH-]=CC1[CH-]C2=C(CC=C2)c2cccc3c(C)c(C)cc1c23.[CH-]=CC1[CH-]c2cc(C)c(C)c3cccc(c23)-c2ccccc21.[CH-]=CC1[CH-]c2cc(C)c(C)c3cccc(c23)C2=C1CC=C2.[Y].[Y].[Y].[Y]. The Kier molecular flexibility index (Phi) is 67.6. The predicted molar refractivity (Wildman–Crippen MR) is 508 cm³/mol. The van der Waals surface area contributed by atoms with E-state index in [4.69, 9.17) is 26.3 Å². The van der Waals surface area contributed by atoms with Gasteiger partial charge >= 0.3 is 0 Å². The first-order chi connectivity index (χ1) is 49.3. The third-order valence-corrected chi connectivity index (χ3v) is 19.7. The molecule has 0 bridgehead atoms. The van der Waals surface area contributed by atoms with Gasteiger partial charge in [-0.1, -0.05) is 385 Å². The molecule has 0 aliphatic heterocycles. The van der Waals surface area contributed by atoms with Crippen molar-refractivity contribution in [3.8, 4) is 11.1 Å². The van der Waals surface area contributed by atoms with Gasteiger partial charge in [-0.3, -0.25) is 24.3 Å². The third-order valence-electron chi connectivity index (χ3n) is 19.7. The Morgan fingerprint density at radius 2 is 0.628 bits per heavy atom. The van der Waals surface area contributed by atoms with Crippen LogP contribution in [0.5, 0.6) is 0 Å². The van der Waals surface area contributed by atoms with Crippen molar-refractivity contribution in [1.29, 1.82) is 0 Å². The van der Waals surface area contributed by atoms with Crippen LogP contribution in [0.2, 0.25) is 0 Å². The fourth-order valence-corrected chi connectivity index (χ4v) is 14.8. The molecule has 0 N–H and O–H groups in total. The molecule has 0 aromatic heterocycles. The van der Waals surface area contributed by atoms with Gasteiger partial charge in [0, 0.05) is 131 Å². The number of rotatable bonds is 4. The average molecular weight is 1820 g/mol.